The topological polar surface area (TPSA) is 58.9 Å². The number of carbonyl (C=O) groups is 1. The summed E-state index contributed by atoms with van der Waals surface area (Å²) in [4.78, 5) is 12.4. The van der Waals surface area contributed by atoms with Crippen LogP contribution in [0.25, 0.3) is 22.4 Å². The molecule has 0 radical (unpaired) electrons. The molecule has 3 aromatic rings. The minimum atomic E-state index is -0.0219. The van der Waals surface area contributed by atoms with E-state index in [1.54, 1.807) is 4.68 Å². The summed E-state index contributed by atoms with van der Waals surface area (Å²) in [6.07, 6.45) is 2.76. The molecular weight excluding hydrogens is 372 g/mol. The van der Waals surface area contributed by atoms with E-state index >= 15 is 0 Å². The van der Waals surface area contributed by atoms with Crippen LogP contribution >= 0.6 is 12.4 Å². The molecule has 1 heterocycles. The van der Waals surface area contributed by atoms with E-state index in [0.29, 0.717) is 6.54 Å². The lowest BCUT2D eigenvalue weighted by Crippen LogP contribution is -2.30. The van der Waals surface area contributed by atoms with Crippen LogP contribution in [0.3, 0.4) is 0 Å². The highest BCUT2D eigenvalue weighted by Crippen LogP contribution is 2.31. The Kier molecular flexibility index (Phi) is 8.72. The van der Waals surface area contributed by atoms with Crippen LogP contribution in [0.2, 0.25) is 0 Å². The number of benzene rings is 2. The Hall–Kier alpha value is -2.63. The SMILES string of the molecule is CCNCCCNC(=O)Cn1ncc(-c2ccccc2)c1-c1ccccc1.Cl. The first-order valence-electron chi connectivity index (χ1n) is 9.43. The molecule has 0 aliphatic rings. The van der Waals surface area contributed by atoms with Gasteiger partial charge in [0.05, 0.1) is 11.9 Å². The van der Waals surface area contributed by atoms with Crippen molar-refractivity contribution < 1.29 is 4.79 Å². The second-order valence-corrected chi connectivity index (χ2v) is 6.35. The van der Waals surface area contributed by atoms with Gasteiger partial charge in [0.25, 0.3) is 0 Å². The molecular formula is C22H27ClN4O. The molecule has 0 aliphatic carbocycles. The molecule has 6 heteroatoms. The Labute approximate surface area is 172 Å². The Morgan fingerprint density at radius 2 is 1.61 bits per heavy atom. The smallest absolute Gasteiger partial charge is 0.241 e. The number of carbonyl (C=O) groups excluding carboxylic acids is 1. The van der Waals surface area contributed by atoms with E-state index in [0.717, 1.165) is 41.9 Å². The summed E-state index contributed by atoms with van der Waals surface area (Å²) in [5, 5.41) is 10.7. The molecule has 2 aromatic carbocycles. The van der Waals surface area contributed by atoms with Gasteiger partial charge in [0.15, 0.2) is 0 Å². The molecule has 0 fully saturated rings. The van der Waals surface area contributed by atoms with Crippen molar-refractivity contribution in [3.05, 3.63) is 66.9 Å². The monoisotopic (exact) mass is 398 g/mol. The van der Waals surface area contributed by atoms with Crippen molar-refractivity contribution in [1.82, 2.24) is 20.4 Å². The molecule has 0 saturated carbocycles. The molecule has 0 unspecified atom stereocenters. The van der Waals surface area contributed by atoms with Crippen molar-refractivity contribution in [1.29, 1.82) is 0 Å². The largest absolute Gasteiger partial charge is 0.354 e. The number of nitrogens with one attached hydrogen (secondary N) is 2. The normalized spacial score (nSPS) is 10.3. The second kappa shape index (κ2) is 11.3. The lowest BCUT2D eigenvalue weighted by Gasteiger charge is -2.11. The first-order chi connectivity index (χ1) is 13.3. The Bertz CT molecular complexity index is 849. The van der Waals surface area contributed by atoms with E-state index in [4.69, 9.17) is 0 Å². The molecule has 0 spiro atoms. The van der Waals surface area contributed by atoms with Gasteiger partial charge in [-0.05, 0) is 25.1 Å². The first kappa shape index (κ1) is 21.7. The van der Waals surface area contributed by atoms with Gasteiger partial charge in [-0.2, -0.15) is 5.10 Å². The third kappa shape index (κ3) is 5.68. The molecule has 1 amide bonds. The Balaban J connectivity index is 0.00000280. The molecule has 0 atom stereocenters. The predicted octanol–water partition coefficient (Wildman–Crippen LogP) is 3.75. The van der Waals surface area contributed by atoms with Crippen LogP contribution in [0.5, 0.6) is 0 Å². The van der Waals surface area contributed by atoms with E-state index < -0.39 is 0 Å². The summed E-state index contributed by atoms with van der Waals surface area (Å²) >= 11 is 0. The summed E-state index contributed by atoms with van der Waals surface area (Å²) in [7, 11) is 0. The lowest BCUT2D eigenvalue weighted by molar-refractivity contribution is -0.121. The van der Waals surface area contributed by atoms with Crippen molar-refractivity contribution in [2.45, 2.75) is 19.9 Å². The highest BCUT2D eigenvalue weighted by Gasteiger charge is 2.16. The summed E-state index contributed by atoms with van der Waals surface area (Å²) in [5.74, 6) is -0.0219. The van der Waals surface area contributed by atoms with Crippen LogP contribution in [-0.2, 0) is 11.3 Å². The van der Waals surface area contributed by atoms with E-state index in [9.17, 15) is 4.79 Å². The number of amides is 1. The third-order valence-electron chi connectivity index (χ3n) is 4.37. The maximum absolute atomic E-state index is 12.4. The van der Waals surface area contributed by atoms with Crippen LogP contribution in [-0.4, -0.2) is 35.3 Å². The van der Waals surface area contributed by atoms with Crippen molar-refractivity contribution in [2.24, 2.45) is 0 Å². The van der Waals surface area contributed by atoms with Crippen LogP contribution in [0.1, 0.15) is 13.3 Å². The van der Waals surface area contributed by atoms with Crippen molar-refractivity contribution >= 4 is 18.3 Å². The zero-order valence-electron chi connectivity index (χ0n) is 16.1. The number of nitrogens with zero attached hydrogens (tertiary/aromatic N) is 2. The van der Waals surface area contributed by atoms with Crippen molar-refractivity contribution in [3.63, 3.8) is 0 Å². The number of hydrogen-bond donors (Lipinski definition) is 2. The van der Waals surface area contributed by atoms with Gasteiger partial charge < -0.3 is 10.6 Å². The average molecular weight is 399 g/mol. The van der Waals surface area contributed by atoms with Crippen LogP contribution in [0.4, 0.5) is 0 Å². The van der Waals surface area contributed by atoms with Gasteiger partial charge in [-0.15, -0.1) is 12.4 Å². The Morgan fingerprint density at radius 1 is 0.964 bits per heavy atom. The van der Waals surface area contributed by atoms with Crippen LogP contribution in [0, 0.1) is 0 Å². The fraction of sp³-hybridized carbons (Fsp3) is 0.273. The van der Waals surface area contributed by atoms with Gasteiger partial charge in [0.1, 0.15) is 6.54 Å². The Morgan fingerprint density at radius 3 is 2.25 bits per heavy atom. The highest BCUT2D eigenvalue weighted by atomic mass is 35.5. The summed E-state index contributed by atoms with van der Waals surface area (Å²) in [6.45, 7) is 4.80. The zero-order chi connectivity index (χ0) is 18.9. The zero-order valence-corrected chi connectivity index (χ0v) is 16.9. The summed E-state index contributed by atoms with van der Waals surface area (Å²) in [5.41, 5.74) is 4.13. The predicted molar refractivity (Wildman–Crippen MR) is 117 cm³/mol. The molecule has 148 valence electrons. The maximum Gasteiger partial charge on any atom is 0.241 e. The van der Waals surface area contributed by atoms with Gasteiger partial charge in [-0.25, -0.2) is 0 Å². The number of rotatable bonds is 9. The van der Waals surface area contributed by atoms with Gasteiger partial charge >= 0.3 is 0 Å². The number of aromatic nitrogens is 2. The standard InChI is InChI=1S/C22H26N4O.ClH/c1-2-23-14-9-15-24-21(27)17-26-22(19-12-7-4-8-13-19)20(16-25-26)18-10-5-3-6-11-18;/h3-8,10-13,16,23H,2,9,14-15,17H2,1H3,(H,24,27);1H. The number of halogens is 1. The van der Waals surface area contributed by atoms with Crippen LogP contribution in [0.15, 0.2) is 66.9 Å². The minimum Gasteiger partial charge on any atom is -0.354 e. The molecule has 1 aromatic heterocycles. The fourth-order valence-corrected chi connectivity index (χ4v) is 3.04. The quantitative estimate of drug-likeness (QED) is 0.539. The van der Waals surface area contributed by atoms with Crippen molar-refractivity contribution in [3.8, 4) is 22.4 Å². The van der Waals surface area contributed by atoms with Gasteiger partial charge in [-0.1, -0.05) is 67.6 Å². The van der Waals surface area contributed by atoms with Crippen molar-refractivity contribution in [2.75, 3.05) is 19.6 Å². The van der Waals surface area contributed by atoms with Gasteiger partial charge in [0.2, 0.25) is 5.91 Å². The van der Waals surface area contributed by atoms with E-state index in [1.807, 2.05) is 54.7 Å². The molecule has 0 saturated heterocycles. The third-order valence-corrected chi connectivity index (χ3v) is 4.37. The fourth-order valence-electron chi connectivity index (χ4n) is 3.04. The highest BCUT2D eigenvalue weighted by molar-refractivity contribution is 5.85. The summed E-state index contributed by atoms with van der Waals surface area (Å²) in [6, 6.07) is 20.2. The van der Waals surface area contributed by atoms with E-state index in [2.05, 4.69) is 34.8 Å². The lowest BCUT2D eigenvalue weighted by atomic mass is 10.0. The average Bonchev–Trinajstić information content (AvgIpc) is 3.12. The molecule has 28 heavy (non-hydrogen) atoms. The van der Waals surface area contributed by atoms with E-state index in [1.165, 1.54) is 0 Å². The molecule has 0 bridgehead atoms. The maximum atomic E-state index is 12.4. The molecule has 3 rings (SSSR count). The molecule has 5 nitrogen and oxygen atoms in total. The molecule has 0 aliphatic heterocycles. The van der Waals surface area contributed by atoms with Gasteiger partial charge in [0, 0.05) is 17.7 Å². The van der Waals surface area contributed by atoms with Gasteiger partial charge in [-0.3, -0.25) is 9.48 Å². The summed E-state index contributed by atoms with van der Waals surface area (Å²) < 4.78 is 1.79. The molecule has 2 N–H and O–H groups in total. The number of hydrogen-bond acceptors (Lipinski definition) is 3. The van der Waals surface area contributed by atoms with E-state index in [-0.39, 0.29) is 24.9 Å². The van der Waals surface area contributed by atoms with Crippen LogP contribution < -0.4 is 10.6 Å². The second-order valence-electron chi connectivity index (χ2n) is 6.35. The minimum absolute atomic E-state index is 0. The first-order valence-corrected chi connectivity index (χ1v) is 9.43.